The van der Waals surface area contributed by atoms with Crippen molar-refractivity contribution in [1.82, 2.24) is 15.5 Å². The van der Waals surface area contributed by atoms with Gasteiger partial charge >= 0.3 is 0 Å². The van der Waals surface area contributed by atoms with E-state index in [9.17, 15) is 0 Å². The third kappa shape index (κ3) is 7.77. The first-order valence-electron chi connectivity index (χ1n) is 9.13. The molecule has 0 aliphatic carbocycles. The lowest BCUT2D eigenvalue weighted by atomic mass is 10.1. The summed E-state index contributed by atoms with van der Waals surface area (Å²) in [6.45, 7) is 10.2. The molecule has 0 aromatic heterocycles. The molecule has 0 bridgehead atoms. The first-order chi connectivity index (χ1) is 11.7. The molecule has 0 amide bonds. The van der Waals surface area contributed by atoms with Crippen LogP contribution in [0.2, 0.25) is 0 Å². The molecule has 140 valence electrons. The van der Waals surface area contributed by atoms with Crippen LogP contribution < -0.4 is 10.6 Å². The molecule has 1 fully saturated rings. The van der Waals surface area contributed by atoms with Crippen LogP contribution in [-0.4, -0.2) is 50.1 Å². The van der Waals surface area contributed by atoms with Crippen molar-refractivity contribution >= 4 is 29.9 Å². The summed E-state index contributed by atoms with van der Waals surface area (Å²) in [5.41, 5.74) is 2.76. The fourth-order valence-corrected chi connectivity index (χ4v) is 3.10. The molecule has 0 radical (unpaired) electrons. The molecule has 25 heavy (non-hydrogen) atoms. The lowest BCUT2D eigenvalue weighted by Gasteiger charge is -2.32. The number of halogens is 1. The zero-order valence-electron chi connectivity index (χ0n) is 15.6. The quantitative estimate of drug-likeness (QED) is 0.287. The van der Waals surface area contributed by atoms with Crippen molar-refractivity contribution in [3.63, 3.8) is 0 Å². The van der Waals surface area contributed by atoms with E-state index in [4.69, 9.17) is 0 Å². The van der Waals surface area contributed by atoms with Crippen molar-refractivity contribution in [2.45, 2.75) is 38.6 Å². The molecule has 0 unspecified atom stereocenters. The Morgan fingerprint density at radius 3 is 2.44 bits per heavy atom. The molecule has 0 spiro atoms. The maximum atomic E-state index is 4.36. The zero-order chi connectivity index (χ0) is 17.2. The molecule has 0 atom stereocenters. The third-order valence-corrected chi connectivity index (χ3v) is 4.68. The molecular formula is C20H33IN4. The van der Waals surface area contributed by atoms with Crippen molar-refractivity contribution in [3.8, 4) is 0 Å². The van der Waals surface area contributed by atoms with Crippen LogP contribution in [-0.2, 0) is 12.8 Å². The number of nitrogens with zero attached hydrogens (tertiary/aromatic N) is 2. The van der Waals surface area contributed by atoms with Gasteiger partial charge in [-0.05, 0) is 36.8 Å². The Morgan fingerprint density at radius 1 is 1.24 bits per heavy atom. The lowest BCUT2D eigenvalue weighted by Crippen LogP contribution is -2.49. The lowest BCUT2D eigenvalue weighted by molar-refractivity contribution is 0.225. The van der Waals surface area contributed by atoms with Crippen molar-refractivity contribution in [1.29, 1.82) is 0 Å². The van der Waals surface area contributed by atoms with E-state index in [1.807, 2.05) is 13.1 Å². The Labute approximate surface area is 170 Å². The predicted molar refractivity (Wildman–Crippen MR) is 119 cm³/mol. The van der Waals surface area contributed by atoms with Crippen molar-refractivity contribution in [3.05, 3.63) is 48.0 Å². The number of hydrogen-bond acceptors (Lipinski definition) is 2. The molecule has 0 saturated carbocycles. The first kappa shape index (κ1) is 22.0. The number of nitrogens with one attached hydrogen (secondary N) is 2. The summed E-state index contributed by atoms with van der Waals surface area (Å²) in [4.78, 5) is 6.81. The normalized spacial score (nSPS) is 16.2. The molecule has 1 aliphatic rings. The average Bonchev–Trinajstić information content (AvgIpc) is 2.63. The summed E-state index contributed by atoms with van der Waals surface area (Å²) in [7, 11) is 1.85. The van der Waals surface area contributed by atoms with Crippen molar-refractivity contribution in [2.24, 2.45) is 4.99 Å². The molecule has 1 aromatic carbocycles. The van der Waals surface area contributed by atoms with E-state index in [2.05, 4.69) is 58.3 Å². The number of aryl methyl sites for hydroxylation is 1. The summed E-state index contributed by atoms with van der Waals surface area (Å²) >= 11 is 0. The van der Waals surface area contributed by atoms with E-state index >= 15 is 0 Å². The minimum atomic E-state index is 0. The number of likely N-dealkylation sites (tertiary alicyclic amines) is 1. The van der Waals surface area contributed by atoms with Gasteiger partial charge in [0.25, 0.3) is 0 Å². The van der Waals surface area contributed by atoms with Crippen LogP contribution in [0.3, 0.4) is 0 Å². The number of hydrogen-bond donors (Lipinski definition) is 2. The van der Waals surface area contributed by atoms with E-state index in [1.165, 1.54) is 11.1 Å². The van der Waals surface area contributed by atoms with Crippen LogP contribution in [0.15, 0.2) is 41.9 Å². The fraction of sp³-hybridized carbons (Fsp3) is 0.550. The predicted octanol–water partition coefficient (Wildman–Crippen LogP) is 3.22. The average molecular weight is 456 g/mol. The molecule has 4 nitrogen and oxygen atoms in total. The highest BCUT2D eigenvalue weighted by molar-refractivity contribution is 14.0. The first-order valence-corrected chi connectivity index (χ1v) is 9.13. The molecule has 2 N–H and O–H groups in total. The van der Waals surface area contributed by atoms with Crippen LogP contribution >= 0.6 is 24.0 Å². The van der Waals surface area contributed by atoms with Gasteiger partial charge < -0.3 is 10.6 Å². The van der Waals surface area contributed by atoms with Crippen LogP contribution in [0.1, 0.15) is 30.9 Å². The molecular weight excluding hydrogens is 423 g/mol. The highest BCUT2D eigenvalue weighted by atomic mass is 127. The third-order valence-electron chi connectivity index (χ3n) is 4.68. The van der Waals surface area contributed by atoms with Crippen molar-refractivity contribution in [2.75, 3.05) is 33.2 Å². The smallest absolute Gasteiger partial charge is 0.191 e. The largest absolute Gasteiger partial charge is 0.356 e. The molecule has 5 heteroatoms. The Kier molecular flexibility index (Phi) is 10.8. The van der Waals surface area contributed by atoms with Crippen LogP contribution in [0.4, 0.5) is 0 Å². The summed E-state index contributed by atoms with van der Waals surface area (Å²) in [5.74, 6) is 0.919. The highest BCUT2D eigenvalue weighted by Gasteiger charge is 2.18. The second-order valence-corrected chi connectivity index (χ2v) is 6.43. The van der Waals surface area contributed by atoms with Gasteiger partial charge in [-0.2, -0.15) is 0 Å². The van der Waals surface area contributed by atoms with Gasteiger partial charge in [0.15, 0.2) is 5.96 Å². The van der Waals surface area contributed by atoms with Gasteiger partial charge in [-0.15, -0.1) is 30.6 Å². The molecule has 1 aliphatic heterocycles. The van der Waals surface area contributed by atoms with Gasteiger partial charge in [0.1, 0.15) is 0 Å². The van der Waals surface area contributed by atoms with E-state index in [1.54, 1.807) is 0 Å². The summed E-state index contributed by atoms with van der Waals surface area (Å²) < 4.78 is 0. The second kappa shape index (κ2) is 12.3. The minimum Gasteiger partial charge on any atom is -0.356 e. The van der Waals surface area contributed by atoms with E-state index in [0.29, 0.717) is 6.04 Å². The topological polar surface area (TPSA) is 39.7 Å². The Hall–Kier alpha value is -1.08. The highest BCUT2D eigenvalue weighted by Crippen LogP contribution is 2.10. The van der Waals surface area contributed by atoms with Gasteiger partial charge in [0.05, 0.1) is 0 Å². The monoisotopic (exact) mass is 456 g/mol. The summed E-state index contributed by atoms with van der Waals surface area (Å²) in [6.07, 6.45) is 6.42. The van der Waals surface area contributed by atoms with Gasteiger partial charge in [0, 0.05) is 39.3 Å². The Balaban J connectivity index is 0.00000312. The zero-order valence-corrected chi connectivity index (χ0v) is 18.0. The Morgan fingerprint density at radius 2 is 1.88 bits per heavy atom. The van der Waals surface area contributed by atoms with E-state index in [0.717, 1.165) is 57.8 Å². The van der Waals surface area contributed by atoms with Gasteiger partial charge in [-0.1, -0.05) is 37.3 Å². The second-order valence-electron chi connectivity index (χ2n) is 6.43. The standard InChI is InChI=1S/C20H32N4.HI/c1-4-14-24-15-11-19(12-16-24)23-20(21-3)22-13-10-18-8-6-17(5-2)7-9-18;/h4,6-9,19H,1,5,10-16H2,2-3H3,(H2,21,22,23);1H. The van der Waals surface area contributed by atoms with Crippen LogP contribution in [0, 0.1) is 0 Å². The SMILES string of the molecule is C=CCN1CCC(NC(=NC)NCCc2ccc(CC)cc2)CC1.I. The van der Waals surface area contributed by atoms with Crippen LogP contribution in [0.25, 0.3) is 0 Å². The molecule has 1 heterocycles. The van der Waals surface area contributed by atoms with Gasteiger partial charge in [-0.25, -0.2) is 0 Å². The van der Waals surface area contributed by atoms with E-state index < -0.39 is 0 Å². The van der Waals surface area contributed by atoms with E-state index in [-0.39, 0.29) is 24.0 Å². The van der Waals surface area contributed by atoms with Crippen LogP contribution in [0.5, 0.6) is 0 Å². The summed E-state index contributed by atoms with van der Waals surface area (Å²) in [6, 6.07) is 9.41. The number of aliphatic imine (C=N–C) groups is 1. The molecule has 1 saturated heterocycles. The number of rotatable bonds is 7. The number of guanidine groups is 1. The summed E-state index contributed by atoms with van der Waals surface area (Å²) in [5, 5.41) is 7.00. The molecule has 1 aromatic rings. The Bertz CT molecular complexity index is 519. The fourth-order valence-electron chi connectivity index (χ4n) is 3.10. The van der Waals surface area contributed by atoms with Crippen molar-refractivity contribution < 1.29 is 0 Å². The maximum absolute atomic E-state index is 4.36. The number of piperidine rings is 1. The van der Waals surface area contributed by atoms with Gasteiger partial charge in [0.2, 0.25) is 0 Å². The maximum Gasteiger partial charge on any atom is 0.191 e. The molecule has 2 rings (SSSR count). The van der Waals surface area contributed by atoms with Gasteiger partial charge in [-0.3, -0.25) is 9.89 Å². The minimum absolute atomic E-state index is 0. The number of benzene rings is 1.